The zero-order valence-corrected chi connectivity index (χ0v) is 15.5. The number of likely N-dealkylation sites (tertiary alicyclic amines) is 1. The fraction of sp³-hybridized carbons (Fsp3) is 0.529. The molecule has 0 spiro atoms. The van der Waals surface area contributed by atoms with Gasteiger partial charge in [-0.1, -0.05) is 6.92 Å². The lowest BCUT2D eigenvalue weighted by Crippen LogP contribution is -2.45. The van der Waals surface area contributed by atoms with Gasteiger partial charge in [0.05, 0.1) is 6.42 Å². The summed E-state index contributed by atoms with van der Waals surface area (Å²) in [5, 5.41) is 21.4. The number of aromatic hydroxyl groups is 2. The van der Waals surface area contributed by atoms with E-state index < -0.39 is 35.6 Å². The van der Waals surface area contributed by atoms with E-state index in [9.17, 15) is 29.4 Å². The highest BCUT2D eigenvalue weighted by atomic mass is 16.7. The molecule has 2 rings (SSSR count). The summed E-state index contributed by atoms with van der Waals surface area (Å²) in [4.78, 5) is 53.3. The molecule has 0 aromatic carbocycles. The van der Waals surface area contributed by atoms with Crippen LogP contribution in [0.15, 0.2) is 12.1 Å². The number of aromatic nitrogens is 1. The highest BCUT2D eigenvalue weighted by Crippen LogP contribution is 2.21. The minimum atomic E-state index is -0.814. The lowest BCUT2D eigenvalue weighted by atomic mass is 10.1. The van der Waals surface area contributed by atoms with Crippen molar-refractivity contribution in [2.45, 2.75) is 38.6 Å². The van der Waals surface area contributed by atoms with Gasteiger partial charge in [0.1, 0.15) is 6.04 Å². The topological polar surface area (TPSA) is 164 Å². The Kier molecular flexibility index (Phi) is 6.85. The van der Waals surface area contributed by atoms with Crippen molar-refractivity contribution in [3.63, 3.8) is 0 Å². The number of amides is 3. The number of nitrogens with two attached hydrogens (primary N) is 1. The first kappa shape index (κ1) is 21.1. The summed E-state index contributed by atoms with van der Waals surface area (Å²) in [5.74, 6) is -3.01. The molecule has 0 saturated carbocycles. The highest BCUT2D eigenvalue weighted by molar-refractivity contribution is 5.88. The van der Waals surface area contributed by atoms with Crippen LogP contribution in [0.4, 0.5) is 0 Å². The lowest BCUT2D eigenvalue weighted by molar-refractivity contribution is -0.146. The van der Waals surface area contributed by atoms with Crippen molar-refractivity contribution >= 4 is 23.7 Å². The van der Waals surface area contributed by atoms with E-state index >= 15 is 0 Å². The predicted octanol–water partition coefficient (Wildman–Crippen LogP) is -1.14. The van der Waals surface area contributed by atoms with Gasteiger partial charge in [0, 0.05) is 44.0 Å². The van der Waals surface area contributed by atoms with Crippen LogP contribution in [0.25, 0.3) is 0 Å². The molecule has 1 aromatic rings. The number of hydrogen-bond acceptors (Lipinski definition) is 7. The molecule has 1 aromatic heterocycles. The van der Waals surface area contributed by atoms with Gasteiger partial charge >= 0.3 is 5.97 Å². The fourth-order valence-corrected chi connectivity index (χ4v) is 3.03. The summed E-state index contributed by atoms with van der Waals surface area (Å²) < 4.78 is 0.544. The Labute approximate surface area is 161 Å². The van der Waals surface area contributed by atoms with Gasteiger partial charge in [-0.25, -0.2) is 4.79 Å². The summed E-state index contributed by atoms with van der Waals surface area (Å²) in [7, 11) is 0. The zero-order valence-electron chi connectivity index (χ0n) is 15.5. The minimum Gasteiger partial charge on any atom is -0.492 e. The zero-order chi connectivity index (χ0) is 20.8. The molecule has 5 N–H and O–H groups in total. The van der Waals surface area contributed by atoms with E-state index in [0.29, 0.717) is 17.7 Å². The third-order valence-corrected chi connectivity index (χ3v) is 4.46. The van der Waals surface area contributed by atoms with Crippen LogP contribution in [0.1, 0.15) is 32.6 Å². The molecule has 2 unspecified atom stereocenters. The molecule has 0 radical (unpaired) electrons. The van der Waals surface area contributed by atoms with Crippen molar-refractivity contribution in [3.05, 3.63) is 12.1 Å². The number of carbonyl (C=O) groups is 4. The van der Waals surface area contributed by atoms with Crippen molar-refractivity contribution in [2.75, 3.05) is 13.1 Å². The molecule has 2 heterocycles. The molecule has 3 amide bonds. The average molecular weight is 396 g/mol. The Morgan fingerprint density at radius 2 is 1.93 bits per heavy atom. The van der Waals surface area contributed by atoms with Gasteiger partial charge in [-0.2, -0.15) is 0 Å². The molecular formula is C17H24N4O7. The molecule has 154 valence electrons. The third kappa shape index (κ3) is 5.15. The van der Waals surface area contributed by atoms with Crippen LogP contribution in [0.5, 0.6) is 11.8 Å². The first-order valence-electron chi connectivity index (χ1n) is 8.89. The van der Waals surface area contributed by atoms with Crippen molar-refractivity contribution in [3.8, 4) is 11.8 Å². The van der Waals surface area contributed by atoms with E-state index in [4.69, 9.17) is 10.6 Å². The Hall–Kier alpha value is -3.24. The molecule has 1 aliphatic heterocycles. The number of hydrogen-bond donors (Lipinski definition) is 4. The minimum absolute atomic E-state index is 0.148. The molecular weight excluding hydrogens is 372 g/mol. The van der Waals surface area contributed by atoms with Crippen LogP contribution in [-0.4, -0.2) is 62.7 Å². The maximum Gasteiger partial charge on any atom is 0.333 e. The van der Waals surface area contributed by atoms with Crippen molar-refractivity contribution < 1.29 is 34.2 Å². The second-order valence-electron chi connectivity index (χ2n) is 6.55. The van der Waals surface area contributed by atoms with Crippen LogP contribution < -0.4 is 15.9 Å². The second-order valence-corrected chi connectivity index (χ2v) is 6.55. The maximum absolute atomic E-state index is 12.1. The summed E-state index contributed by atoms with van der Waals surface area (Å²) >= 11 is 0. The molecule has 0 aliphatic carbocycles. The van der Waals surface area contributed by atoms with Crippen LogP contribution >= 0.6 is 0 Å². The van der Waals surface area contributed by atoms with Crippen molar-refractivity contribution in [1.29, 1.82) is 0 Å². The highest BCUT2D eigenvalue weighted by Gasteiger charge is 2.35. The van der Waals surface area contributed by atoms with E-state index in [1.807, 2.05) is 0 Å². The summed E-state index contributed by atoms with van der Waals surface area (Å²) in [6, 6.07) is 1.63. The number of rotatable bonds is 9. The maximum atomic E-state index is 12.1. The number of nitrogens with one attached hydrogen (secondary N) is 1. The first-order valence-corrected chi connectivity index (χ1v) is 8.89. The Morgan fingerprint density at radius 1 is 1.29 bits per heavy atom. The number of primary amides is 1. The Morgan fingerprint density at radius 3 is 2.50 bits per heavy atom. The SMILES string of the molecule is CCC(C(N)=O)N1CC(CNC(=O)CCC(=O)On2c(O)ccc2O)CC1=O. The summed E-state index contributed by atoms with van der Waals surface area (Å²) in [6.45, 7) is 2.32. The Bertz CT molecular complexity index is 741. The second kappa shape index (κ2) is 9.11. The lowest BCUT2D eigenvalue weighted by Gasteiger charge is -2.24. The number of nitrogens with zero attached hydrogens (tertiary/aromatic N) is 2. The normalized spacial score (nSPS) is 17.4. The molecule has 28 heavy (non-hydrogen) atoms. The van der Waals surface area contributed by atoms with E-state index in [1.54, 1.807) is 6.92 Å². The standard InChI is InChI=1S/C17H24N4O7/c1-2-11(17(18)27)20-9-10(7-15(20)25)8-19-12(22)3-6-16(26)28-21-13(23)4-5-14(21)24/h4-5,10-11,23-24H,2-3,6-9H2,1H3,(H2,18,27)(H,19,22). The molecule has 11 heteroatoms. The van der Waals surface area contributed by atoms with E-state index in [2.05, 4.69) is 5.32 Å². The fourth-order valence-electron chi connectivity index (χ4n) is 3.03. The van der Waals surface area contributed by atoms with Crippen LogP contribution in [-0.2, 0) is 19.2 Å². The van der Waals surface area contributed by atoms with Gasteiger partial charge in [0.2, 0.25) is 29.5 Å². The molecule has 0 bridgehead atoms. The average Bonchev–Trinajstić information content (AvgIpc) is 3.15. The van der Waals surface area contributed by atoms with Gasteiger partial charge < -0.3 is 31.0 Å². The molecule has 1 fully saturated rings. The quantitative estimate of drug-likeness (QED) is 0.410. The van der Waals surface area contributed by atoms with Gasteiger partial charge in [-0.05, 0) is 6.42 Å². The van der Waals surface area contributed by atoms with Gasteiger partial charge in [0.15, 0.2) is 0 Å². The van der Waals surface area contributed by atoms with Crippen LogP contribution in [0, 0.1) is 5.92 Å². The van der Waals surface area contributed by atoms with Crippen LogP contribution in [0.3, 0.4) is 0 Å². The monoisotopic (exact) mass is 396 g/mol. The molecule has 1 saturated heterocycles. The predicted molar refractivity (Wildman–Crippen MR) is 94.7 cm³/mol. The summed E-state index contributed by atoms with van der Waals surface area (Å²) in [5.41, 5.74) is 5.31. The summed E-state index contributed by atoms with van der Waals surface area (Å²) in [6.07, 6.45) is 0.204. The third-order valence-electron chi connectivity index (χ3n) is 4.46. The van der Waals surface area contributed by atoms with Gasteiger partial charge in [0.25, 0.3) is 0 Å². The van der Waals surface area contributed by atoms with Gasteiger partial charge in [-0.15, -0.1) is 4.73 Å². The van der Waals surface area contributed by atoms with E-state index in [-0.39, 0.29) is 37.6 Å². The largest absolute Gasteiger partial charge is 0.492 e. The molecule has 2 atom stereocenters. The van der Waals surface area contributed by atoms with E-state index in [0.717, 1.165) is 12.1 Å². The first-order chi connectivity index (χ1) is 13.2. The Balaban J connectivity index is 1.73. The smallest absolute Gasteiger partial charge is 0.333 e. The van der Waals surface area contributed by atoms with Gasteiger partial charge in [-0.3, -0.25) is 14.4 Å². The van der Waals surface area contributed by atoms with E-state index in [1.165, 1.54) is 4.90 Å². The molecule has 11 nitrogen and oxygen atoms in total. The van der Waals surface area contributed by atoms with Crippen molar-refractivity contribution in [1.82, 2.24) is 14.9 Å². The van der Waals surface area contributed by atoms with Crippen LogP contribution in [0.2, 0.25) is 0 Å². The number of carbonyl (C=O) groups excluding carboxylic acids is 4. The molecule has 1 aliphatic rings. The van der Waals surface area contributed by atoms with Crippen molar-refractivity contribution in [2.24, 2.45) is 11.7 Å².